The summed E-state index contributed by atoms with van der Waals surface area (Å²) in [5.41, 5.74) is 5.60. The number of hydrogen-bond acceptors (Lipinski definition) is 6. The van der Waals surface area contributed by atoms with E-state index in [1.807, 2.05) is 13.8 Å². The maximum atomic E-state index is 5.60. The summed E-state index contributed by atoms with van der Waals surface area (Å²) < 4.78 is 10.5. The molecule has 3 N–H and O–H groups in total. The van der Waals surface area contributed by atoms with Gasteiger partial charge in [0.15, 0.2) is 0 Å². The van der Waals surface area contributed by atoms with Gasteiger partial charge in [0.2, 0.25) is 5.88 Å². The highest BCUT2D eigenvalue weighted by molar-refractivity contribution is 5.34. The monoisotopic (exact) mass is 240 g/mol. The van der Waals surface area contributed by atoms with Crippen LogP contribution in [0, 0.1) is 0 Å². The van der Waals surface area contributed by atoms with E-state index >= 15 is 0 Å². The van der Waals surface area contributed by atoms with Gasteiger partial charge in [0, 0.05) is 13.7 Å². The Labute approximate surface area is 102 Å². The average Bonchev–Trinajstić information content (AvgIpc) is 2.28. The second-order valence-electron chi connectivity index (χ2n) is 3.94. The van der Waals surface area contributed by atoms with Crippen LogP contribution in [0.25, 0.3) is 0 Å². The summed E-state index contributed by atoms with van der Waals surface area (Å²) in [4.78, 5) is 8.33. The van der Waals surface area contributed by atoms with Crippen LogP contribution >= 0.6 is 0 Å². The molecule has 1 aromatic heterocycles. The minimum atomic E-state index is 0.0172. The van der Waals surface area contributed by atoms with Crippen molar-refractivity contribution in [1.29, 1.82) is 0 Å². The van der Waals surface area contributed by atoms with Crippen LogP contribution in [0.4, 0.5) is 5.82 Å². The Morgan fingerprint density at radius 3 is 2.76 bits per heavy atom. The van der Waals surface area contributed by atoms with Crippen molar-refractivity contribution in [3.63, 3.8) is 0 Å². The molecule has 1 aromatic rings. The zero-order valence-corrected chi connectivity index (χ0v) is 10.5. The Bertz CT molecular complexity index is 333. The van der Waals surface area contributed by atoms with Gasteiger partial charge in [0.1, 0.15) is 5.82 Å². The van der Waals surface area contributed by atoms with E-state index in [9.17, 15) is 0 Å². The molecule has 1 heterocycles. The third kappa shape index (κ3) is 4.97. The van der Waals surface area contributed by atoms with Crippen molar-refractivity contribution in [1.82, 2.24) is 9.97 Å². The number of methoxy groups -OCH3 is 1. The molecule has 0 aliphatic heterocycles. The Morgan fingerprint density at radius 1 is 1.41 bits per heavy atom. The van der Waals surface area contributed by atoms with Gasteiger partial charge in [0.05, 0.1) is 31.1 Å². The molecule has 0 aromatic carbocycles. The van der Waals surface area contributed by atoms with E-state index in [0.717, 1.165) is 0 Å². The van der Waals surface area contributed by atoms with E-state index in [0.29, 0.717) is 24.8 Å². The second-order valence-corrected chi connectivity index (χ2v) is 3.94. The molecule has 1 rings (SSSR count). The van der Waals surface area contributed by atoms with Crippen molar-refractivity contribution in [3.05, 3.63) is 12.4 Å². The second kappa shape index (κ2) is 7.03. The minimum absolute atomic E-state index is 0.0172. The standard InChI is InChI=1S/C11H20N4O2/c1-8(2)17-11-6-13-5-10(15-11)14-9(4-12)7-16-3/h5-6,8-9H,4,7,12H2,1-3H3,(H,14,15). The Balaban J connectivity index is 2.63. The SMILES string of the molecule is COCC(CN)Nc1cncc(OC(C)C)n1. The molecule has 0 bridgehead atoms. The minimum Gasteiger partial charge on any atom is -0.474 e. The highest BCUT2D eigenvalue weighted by Gasteiger charge is 2.08. The first-order valence-electron chi connectivity index (χ1n) is 5.60. The Kier molecular flexibility index (Phi) is 5.65. The number of anilines is 1. The van der Waals surface area contributed by atoms with Gasteiger partial charge in [-0.05, 0) is 13.8 Å². The third-order valence-corrected chi connectivity index (χ3v) is 1.97. The molecule has 0 radical (unpaired) electrons. The van der Waals surface area contributed by atoms with Crippen molar-refractivity contribution in [3.8, 4) is 5.88 Å². The van der Waals surface area contributed by atoms with Gasteiger partial charge >= 0.3 is 0 Å². The van der Waals surface area contributed by atoms with Crippen LogP contribution in [0.5, 0.6) is 5.88 Å². The molecule has 1 unspecified atom stereocenters. The van der Waals surface area contributed by atoms with E-state index < -0.39 is 0 Å². The molecule has 17 heavy (non-hydrogen) atoms. The summed E-state index contributed by atoms with van der Waals surface area (Å²) in [6.07, 6.45) is 3.29. The van der Waals surface area contributed by atoms with Crippen molar-refractivity contribution in [2.24, 2.45) is 5.73 Å². The van der Waals surface area contributed by atoms with Crippen LogP contribution in [-0.2, 0) is 4.74 Å². The molecule has 0 spiro atoms. The molecular weight excluding hydrogens is 220 g/mol. The molecule has 0 saturated carbocycles. The van der Waals surface area contributed by atoms with Gasteiger partial charge in [-0.15, -0.1) is 0 Å². The zero-order valence-electron chi connectivity index (χ0n) is 10.5. The van der Waals surface area contributed by atoms with Crippen LogP contribution in [0.15, 0.2) is 12.4 Å². The van der Waals surface area contributed by atoms with Crippen LogP contribution in [-0.4, -0.2) is 42.4 Å². The van der Waals surface area contributed by atoms with Crippen molar-refractivity contribution >= 4 is 5.82 Å². The lowest BCUT2D eigenvalue weighted by Gasteiger charge is -2.16. The highest BCUT2D eigenvalue weighted by Crippen LogP contribution is 2.11. The maximum Gasteiger partial charge on any atom is 0.234 e. The van der Waals surface area contributed by atoms with E-state index in [1.54, 1.807) is 19.5 Å². The van der Waals surface area contributed by atoms with Crippen LogP contribution in [0.2, 0.25) is 0 Å². The summed E-state index contributed by atoms with van der Waals surface area (Å²) in [6, 6.07) is 0.0172. The van der Waals surface area contributed by atoms with Gasteiger partial charge in [-0.2, -0.15) is 4.98 Å². The van der Waals surface area contributed by atoms with Gasteiger partial charge in [-0.3, -0.25) is 4.98 Å². The molecule has 96 valence electrons. The summed E-state index contributed by atoms with van der Waals surface area (Å²) >= 11 is 0. The predicted molar refractivity (Wildman–Crippen MR) is 66.1 cm³/mol. The normalized spacial score (nSPS) is 12.5. The summed E-state index contributed by atoms with van der Waals surface area (Å²) in [5.74, 6) is 1.13. The fraction of sp³-hybridized carbons (Fsp3) is 0.636. The number of aromatic nitrogens is 2. The third-order valence-electron chi connectivity index (χ3n) is 1.97. The van der Waals surface area contributed by atoms with Crippen LogP contribution in [0.1, 0.15) is 13.8 Å². The number of nitrogens with zero attached hydrogens (tertiary/aromatic N) is 2. The van der Waals surface area contributed by atoms with Gasteiger partial charge < -0.3 is 20.5 Å². The lowest BCUT2D eigenvalue weighted by Crippen LogP contribution is -2.33. The fourth-order valence-corrected chi connectivity index (χ4v) is 1.29. The molecule has 0 aliphatic rings. The molecule has 6 nitrogen and oxygen atoms in total. The first-order chi connectivity index (χ1) is 8.15. The lowest BCUT2D eigenvalue weighted by molar-refractivity contribution is 0.187. The maximum absolute atomic E-state index is 5.60. The summed E-state index contributed by atoms with van der Waals surface area (Å²) in [6.45, 7) is 4.86. The Hall–Kier alpha value is -1.40. The molecule has 0 amide bonds. The van der Waals surface area contributed by atoms with Gasteiger partial charge in [-0.25, -0.2) is 0 Å². The Morgan fingerprint density at radius 2 is 2.18 bits per heavy atom. The van der Waals surface area contributed by atoms with E-state index in [2.05, 4.69) is 15.3 Å². The summed E-state index contributed by atoms with van der Waals surface area (Å²) in [7, 11) is 1.63. The highest BCUT2D eigenvalue weighted by atomic mass is 16.5. The molecule has 0 fully saturated rings. The van der Waals surface area contributed by atoms with Crippen molar-refractivity contribution in [2.45, 2.75) is 26.0 Å². The van der Waals surface area contributed by atoms with Gasteiger partial charge in [0.25, 0.3) is 0 Å². The molecule has 0 aliphatic carbocycles. The number of ether oxygens (including phenoxy) is 2. The smallest absolute Gasteiger partial charge is 0.234 e. The first-order valence-corrected chi connectivity index (χ1v) is 5.60. The van der Waals surface area contributed by atoms with Crippen LogP contribution in [0.3, 0.4) is 0 Å². The van der Waals surface area contributed by atoms with E-state index in [-0.39, 0.29) is 12.1 Å². The zero-order chi connectivity index (χ0) is 12.7. The number of hydrogen-bond donors (Lipinski definition) is 2. The average molecular weight is 240 g/mol. The van der Waals surface area contributed by atoms with Crippen molar-refractivity contribution < 1.29 is 9.47 Å². The van der Waals surface area contributed by atoms with Crippen LogP contribution < -0.4 is 15.8 Å². The summed E-state index contributed by atoms with van der Waals surface area (Å²) in [5, 5.41) is 3.14. The topological polar surface area (TPSA) is 82.3 Å². The predicted octanol–water partition coefficient (Wildman–Crippen LogP) is 0.649. The quantitative estimate of drug-likeness (QED) is 0.728. The van der Waals surface area contributed by atoms with Gasteiger partial charge in [-0.1, -0.05) is 0 Å². The van der Waals surface area contributed by atoms with E-state index in [1.165, 1.54) is 0 Å². The molecular formula is C11H20N4O2. The number of rotatable bonds is 7. The lowest BCUT2D eigenvalue weighted by atomic mass is 10.3. The first kappa shape index (κ1) is 13.7. The largest absolute Gasteiger partial charge is 0.474 e. The number of nitrogens with two attached hydrogens (primary N) is 1. The molecule has 1 atom stereocenters. The van der Waals surface area contributed by atoms with Crippen molar-refractivity contribution in [2.75, 3.05) is 25.6 Å². The van der Waals surface area contributed by atoms with E-state index in [4.69, 9.17) is 15.2 Å². The molecule has 6 heteroatoms. The number of nitrogens with one attached hydrogen (secondary N) is 1. The fourth-order valence-electron chi connectivity index (χ4n) is 1.29. The molecule has 0 saturated heterocycles.